The number of fused-ring (bicyclic) bond motifs is 1. The van der Waals surface area contributed by atoms with Crippen molar-refractivity contribution in [2.75, 3.05) is 0 Å². The second-order valence-electron chi connectivity index (χ2n) is 5.76. The summed E-state index contributed by atoms with van der Waals surface area (Å²) in [4.78, 5) is 11.4. The number of aliphatic hydroxyl groups excluding tert-OH is 2. The van der Waals surface area contributed by atoms with Crippen LogP contribution >= 0.6 is 0 Å². The standard InChI is InChI=1S/C17H18O3/c18-12(8-11-4-2-1-3-5-11)6-7-13-14-9-17(20)15(14)10-16(13)19/h1-5,12-16,18-19H,8-10H2. The van der Waals surface area contributed by atoms with Gasteiger partial charge in [0.15, 0.2) is 0 Å². The molecule has 2 N–H and O–H groups in total. The zero-order valence-corrected chi connectivity index (χ0v) is 11.2. The molecule has 2 aliphatic rings. The van der Waals surface area contributed by atoms with Crippen molar-refractivity contribution in [2.45, 2.75) is 31.5 Å². The molecule has 2 fully saturated rings. The number of hydrogen-bond donors (Lipinski definition) is 2. The van der Waals surface area contributed by atoms with Crippen molar-refractivity contribution in [2.24, 2.45) is 17.8 Å². The van der Waals surface area contributed by atoms with E-state index < -0.39 is 12.2 Å². The van der Waals surface area contributed by atoms with Crippen molar-refractivity contribution in [3.63, 3.8) is 0 Å². The van der Waals surface area contributed by atoms with E-state index in [9.17, 15) is 15.0 Å². The van der Waals surface area contributed by atoms with Crippen molar-refractivity contribution in [3.05, 3.63) is 35.9 Å². The van der Waals surface area contributed by atoms with Gasteiger partial charge in [0, 0.05) is 18.8 Å². The Bertz CT molecular complexity index is 555. The Labute approximate surface area is 118 Å². The second-order valence-corrected chi connectivity index (χ2v) is 5.76. The lowest BCUT2D eigenvalue weighted by molar-refractivity contribution is -0.133. The van der Waals surface area contributed by atoms with E-state index in [0.717, 1.165) is 5.56 Å². The molecule has 1 aromatic carbocycles. The number of carbonyl (C=O) groups excluding carboxylic acids is 1. The minimum Gasteiger partial charge on any atom is -0.392 e. The molecule has 3 rings (SSSR count). The van der Waals surface area contributed by atoms with Crippen LogP contribution in [0.4, 0.5) is 0 Å². The highest BCUT2D eigenvalue weighted by Gasteiger charge is 2.52. The van der Waals surface area contributed by atoms with Gasteiger partial charge >= 0.3 is 0 Å². The molecule has 20 heavy (non-hydrogen) atoms. The third-order valence-corrected chi connectivity index (χ3v) is 4.43. The topological polar surface area (TPSA) is 57.5 Å². The highest BCUT2D eigenvalue weighted by molar-refractivity contribution is 5.88. The smallest absolute Gasteiger partial charge is 0.136 e. The predicted octanol–water partition coefficient (Wildman–Crippen LogP) is 1.18. The van der Waals surface area contributed by atoms with E-state index in [0.29, 0.717) is 19.3 Å². The Balaban J connectivity index is 1.62. The molecular weight excluding hydrogens is 252 g/mol. The Hall–Kier alpha value is -1.63. The van der Waals surface area contributed by atoms with Gasteiger partial charge in [0.2, 0.25) is 0 Å². The van der Waals surface area contributed by atoms with Gasteiger partial charge in [-0.3, -0.25) is 4.79 Å². The third kappa shape index (κ3) is 2.49. The van der Waals surface area contributed by atoms with Crippen LogP contribution in [0.1, 0.15) is 18.4 Å². The fraction of sp³-hybridized carbons (Fsp3) is 0.471. The van der Waals surface area contributed by atoms with Crippen LogP contribution < -0.4 is 0 Å². The predicted molar refractivity (Wildman–Crippen MR) is 74.6 cm³/mol. The summed E-state index contributed by atoms with van der Waals surface area (Å²) in [6, 6.07) is 9.71. The molecule has 104 valence electrons. The number of ketones is 1. The summed E-state index contributed by atoms with van der Waals surface area (Å²) in [6.45, 7) is 0. The largest absolute Gasteiger partial charge is 0.392 e. The molecule has 2 saturated carbocycles. The van der Waals surface area contributed by atoms with Crippen LogP contribution in [-0.4, -0.2) is 28.2 Å². The molecule has 0 bridgehead atoms. The molecule has 0 saturated heterocycles. The van der Waals surface area contributed by atoms with Crippen molar-refractivity contribution < 1.29 is 15.0 Å². The first kappa shape index (κ1) is 13.4. The van der Waals surface area contributed by atoms with Gasteiger partial charge in [-0.1, -0.05) is 42.2 Å². The summed E-state index contributed by atoms with van der Waals surface area (Å²) in [5.74, 6) is 6.15. The number of Topliss-reactive ketones (excluding diaryl/α,β-unsaturated/α-hetero) is 1. The van der Waals surface area contributed by atoms with Crippen LogP contribution in [-0.2, 0) is 11.2 Å². The van der Waals surface area contributed by atoms with Gasteiger partial charge in [-0.25, -0.2) is 0 Å². The van der Waals surface area contributed by atoms with Gasteiger partial charge in [0.05, 0.1) is 12.0 Å². The first-order valence-electron chi connectivity index (χ1n) is 7.09. The molecule has 3 nitrogen and oxygen atoms in total. The fourth-order valence-corrected chi connectivity index (χ4v) is 3.26. The van der Waals surface area contributed by atoms with Crippen LogP contribution in [0, 0.1) is 29.6 Å². The molecule has 0 aliphatic heterocycles. The minimum atomic E-state index is -0.723. The van der Waals surface area contributed by atoms with Gasteiger partial charge in [0.25, 0.3) is 0 Å². The van der Waals surface area contributed by atoms with Gasteiger partial charge < -0.3 is 10.2 Å². The van der Waals surface area contributed by atoms with Crippen LogP contribution in [0.2, 0.25) is 0 Å². The molecule has 0 radical (unpaired) electrons. The summed E-state index contributed by atoms with van der Waals surface area (Å²) in [5.41, 5.74) is 1.04. The molecule has 3 heteroatoms. The maximum atomic E-state index is 11.4. The van der Waals surface area contributed by atoms with E-state index in [1.54, 1.807) is 0 Å². The average molecular weight is 270 g/mol. The maximum Gasteiger partial charge on any atom is 0.136 e. The normalized spacial score (nSPS) is 32.8. The summed E-state index contributed by atoms with van der Waals surface area (Å²) < 4.78 is 0. The van der Waals surface area contributed by atoms with E-state index in [1.165, 1.54) is 0 Å². The zero-order valence-electron chi connectivity index (χ0n) is 11.2. The highest BCUT2D eigenvalue weighted by Crippen LogP contribution is 2.47. The highest BCUT2D eigenvalue weighted by atomic mass is 16.3. The molecule has 5 atom stereocenters. The molecule has 5 unspecified atom stereocenters. The second kappa shape index (κ2) is 5.40. The lowest BCUT2D eigenvalue weighted by Crippen LogP contribution is -2.35. The molecular formula is C17H18O3. The van der Waals surface area contributed by atoms with E-state index in [2.05, 4.69) is 11.8 Å². The number of aliphatic hydroxyl groups is 2. The Morgan fingerprint density at radius 1 is 1.30 bits per heavy atom. The van der Waals surface area contributed by atoms with Crippen molar-refractivity contribution >= 4 is 5.78 Å². The van der Waals surface area contributed by atoms with Crippen molar-refractivity contribution in [3.8, 4) is 11.8 Å². The van der Waals surface area contributed by atoms with Gasteiger partial charge in [-0.15, -0.1) is 0 Å². The van der Waals surface area contributed by atoms with Gasteiger partial charge in [-0.05, 0) is 17.9 Å². The zero-order chi connectivity index (χ0) is 14.1. The Kier molecular flexibility index (Phi) is 3.60. The van der Waals surface area contributed by atoms with Crippen LogP contribution in [0.15, 0.2) is 30.3 Å². The van der Waals surface area contributed by atoms with E-state index in [-0.39, 0.29) is 23.5 Å². The summed E-state index contributed by atoms with van der Waals surface area (Å²) in [5, 5.41) is 19.9. The van der Waals surface area contributed by atoms with Crippen LogP contribution in [0.25, 0.3) is 0 Å². The summed E-state index contributed by atoms with van der Waals surface area (Å²) in [6.07, 6.45) is 0.323. The van der Waals surface area contributed by atoms with Crippen molar-refractivity contribution in [1.29, 1.82) is 0 Å². The lowest BCUT2D eigenvalue weighted by atomic mass is 9.71. The lowest BCUT2D eigenvalue weighted by Gasteiger charge is -2.30. The van der Waals surface area contributed by atoms with Crippen LogP contribution in [0.3, 0.4) is 0 Å². The first-order chi connectivity index (χ1) is 9.65. The molecule has 0 heterocycles. The van der Waals surface area contributed by atoms with E-state index >= 15 is 0 Å². The quantitative estimate of drug-likeness (QED) is 0.793. The van der Waals surface area contributed by atoms with Crippen molar-refractivity contribution in [1.82, 2.24) is 0 Å². The molecule has 0 spiro atoms. The first-order valence-corrected chi connectivity index (χ1v) is 7.09. The van der Waals surface area contributed by atoms with Gasteiger partial charge in [0.1, 0.15) is 11.9 Å². The number of hydrogen-bond acceptors (Lipinski definition) is 3. The summed E-state index contributed by atoms with van der Waals surface area (Å²) >= 11 is 0. The average Bonchev–Trinajstić information content (AvgIpc) is 2.69. The molecule has 0 aromatic heterocycles. The van der Waals surface area contributed by atoms with E-state index in [4.69, 9.17) is 0 Å². The van der Waals surface area contributed by atoms with Gasteiger partial charge in [-0.2, -0.15) is 0 Å². The molecule has 0 amide bonds. The molecule has 1 aromatic rings. The van der Waals surface area contributed by atoms with E-state index in [1.807, 2.05) is 30.3 Å². The monoisotopic (exact) mass is 270 g/mol. The Morgan fingerprint density at radius 3 is 2.70 bits per heavy atom. The fourth-order valence-electron chi connectivity index (χ4n) is 3.26. The third-order valence-electron chi connectivity index (χ3n) is 4.43. The summed E-state index contributed by atoms with van der Waals surface area (Å²) in [7, 11) is 0. The maximum absolute atomic E-state index is 11.4. The number of benzene rings is 1. The number of carbonyl (C=O) groups is 1. The SMILES string of the molecule is O=C1CC2C1CC(O)C2C#CC(O)Cc1ccccc1. The molecule has 2 aliphatic carbocycles. The Morgan fingerprint density at radius 2 is 2.05 bits per heavy atom. The minimum absolute atomic E-state index is 0.00978. The number of rotatable bonds is 2. The van der Waals surface area contributed by atoms with Crippen LogP contribution in [0.5, 0.6) is 0 Å².